The first-order valence-corrected chi connectivity index (χ1v) is 9.10. The number of likely N-dealkylation sites (N-methyl/N-ethyl adjacent to an activating group) is 1. The Morgan fingerprint density at radius 3 is 2.52 bits per heavy atom. The number of hydrogen-bond donors (Lipinski definition) is 1. The molecular weight excluding hydrogens is 391 g/mol. The number of benzene rings is 2. The van der Waals surface area contributed by atoms with Crippen LogP contribution in [-0.4, -0.2) is 40.0 Å². The number of carbonyl (C=O) groups excluding carboxylic acids is 2. The van der Waals surface area contributed by atoms with Crippen LogP contribution in [0.1, 0.15) is 17.2 Å². The number of phenols is 1. The Morgan fingerprint density at radius 1 is 1.11 bits per heavy atom. The summed E-state index contributed by atoms with van der Waals surface area (Å²) < 4.78 is 0. The van der Waals surface area contributed by atoms with Gasteiger partial charge in [-0.05, 0) is 17.7 Å². The van der Waals surface area contributed by atoms with Crippen molar-refractivity contribution in [1.29, 1.82) is 0 Å². The van der Waals surface area contributed by atoms with Gasteiger partial charge in [-0.1, -0.05) is 53.5 Å². The van der Waals surface area contributed by atoms with Crippen molar-refractivity contribution in [2.24, 2.45) is 5.92 Å². The van der Waals surface area contributed by atoms with Crippen molar-refractivity contribution in [3.63, 3.8) is 0 Å². The molecule has 0 bridgehead atoms. The number of carbonyl (C=O) groups is 2. The molecule has 2 amide bonds. The fourth-order valence-corrected chi connectivity index (χ4v) is 4.18. The van der Waals surface area contributed by atoms with E-state index in [1.54, 1.807) is 11.1 Å². The molecule has 8 heteroatoms. The molecular formula is C19H16Cl2N2O4. The van der Waals surface area contributed by atoms with Gasteiger partial charge in [-0.3, -0.25) is 19.3 Å². The molecule has 2 aromatic rings. The Morgan fingerprint density at radius 2 is 1.81 bits per heavy atom. The number of nitrogens with zero attached hydrogens (tertiary/aromatic N) is 2. The number of aromatic hydroxyl groups is 1. The highest BCUT2D eigenvalue weighted by Gasteiger charge is 2.59. The summed E-state index contributed by atoms with van der Waals surface area (Å²) in [4.78, 5) is 32.1. The van der Waals surface area contributed by atoms with E-state index in [1.807, 2.05) is 30.3 Å². The van der Waals surface area contributed by atoms with Crippen LogP contribution in [0.3, 0.4) is 0 Å². The van der Waals surface area contributed by atoms with Crippen LogP contribution in [-0.2, 0) is 21.0 Å². The second-order valence-corrected chi connectivity index (χ2v) is 7.46. The number of fused-ring (bicyclic) bond motifs is 1. The second-order valence-electron chi connectivity index (χ2n) is 6.62. The van der Waals surface area contributed by atoms with Gasteiger partial charge in [0.15, 0.2) is 6.10 Å². The van der Waals surface area contributed by atoms with E-state index in [0.717, 1.165) is 10.5 Å². The summed E-state index contributed by atoms with van der Waals surface area (Å²) in [6.45, 7) is 0.326. The van der Waals surface area contributed by atoms with Crippen LogP contribution < -0.4 is 0 Å². The van der Waals surface area contributed by atoms with Gasteiger partial charge in [-0.25, -0.2) is 0 Å². The Kier molecular flexibility index (Phi) is 4.60. The highest BCUT2D eigenvalue weighted by atomic mass is 35.5. The smallest absolute Gasteiger partial charge is 0.261 e. The average molecular weight is 407 g/mol. The monoisotopic (exact) mass is 406 g/mol. The Bertz CT molecular complexity index is 921. The van der Waals surface area contributed by atoms with E-state index in [1.165, 1.54) is 13.1 Å². The zero-order valence-electron chi connectivity index (χ0n) is 14.3. The number of phenolic OH excluding ortho intramolecular Hbond substituents is 1. The van der Waals surface area contributed by atoms with E-state index in [9.17, 15) is 14.7 Å². The van der Waals surface area contributed by atoms with Gasteiger partial charge in [-0.15, -0.1) is 0 Å². The largest absolute Gasteiger partial charge is 0.506 e. The molecule has 2 aliphatic rings. The number of hydroxylamine groups is 2. The van der Waals surface area contributed by atoms with Gasteiger partial charge >= 0.3 is 0 Å². The van der Waals surface area contributed by atoms with Gasteiger partial charge in [0.05, 0.1) is 17.0 Å². The highest BCUT2D eigenvalue weighted by Crippen LogP contribution is 2.49. The molecule has 0 radical (unpaired) electrons. The number of amides is 2. The number of imide groups is 1. The van der Waals surface area contributed by atoms with Crippen molar-refractivity contribution in [1.82, 2.24) is 9.96 Å². The topological polar surface area (TPSA) is 70.1 Å². The summed E-state index contributed by atoms with van der Waals surface area (Å²) in [6, 6.07) is 11.8. The standard InChI is InChI=1S/C19H16Cl2N2O4/c1-22-18(25)14-15(12-7-11(20)8-13(21)16(12)24)23(27-17(14)19(22)26)9-10-5-3-2-4-6-10/h2-8,14-15,17,24H,9H2,1H3. The lowest BCUT2D eigenvalue weighted by Gasteiger charge is -2.27. The van der Waals surface area contributed by atoms with E-state index in [2.05, 4.69) is 0 Å². The van der Waals surface area contributed by atoms with Crippen LogP contribution in [0.15, 0.2) is 42.5 Å². The van der Waals surface area contributed by atoms with Gasteiger partial charge < -0.3 is 5.11 Å². The minimum Gasteiger partial charge on any atom is -0.506 e. The van der Waals surface area contributed by atoms with Crippen molar-refractivity contribution in [2.45, 2.75) is 18.7 Å². The zero-order valence-corrected chi connectivity index (χ0v) is 15.8. The summed E-state index contributed by atoms with van der Waals surface area (Å²) >= 11 is 12.2. The molecule has 4 rings (SSSR count). The van der Waals surface area contributed by atoms with Gasteiger partial charge in [0.2, 0.25) is 5.91 Å². The van der Waals surface area contributed by atoms with Crippen LogP contribution in [0, 0.1) is 5.92 Å². The first-order valence-electron chi connectivity index (χ1n) is 8.35. The zero-order chi connectivity index (χ0) is 19.3. The van der Waals surface area contributed by atoms with E-state index in [-0.39, 0.29) is 16.7 Å². The molecule has 6 nitrogen and oxygen atoms in total. The molecule has 0 spiro atoms. The lowest BCUT2D eigenvalue weighted by Crippen LogP contribution is -2.34. The molecule has 2 fully saturated rings. The molecule has 2 aromatic carbocycles. The lowest BCUT2D eigenvalue weighted by atomic mass is 9.90. The minimum absolute atomic E-state index is 0.0748. The van der Waals surface area contributed by atoms with E-state index in [0.29, 0.717) is 17.1 Å². The predicted molar refractivity (Wildman–Crippen MR) is 99.0 cm³/mol. The molecule has 2 aliphatic heterocycles. The van der Waals surface area contributed by atoms with Crippen molar-refractivity contribution in [2.75, 3.05) is 7.05 Å². The van der Waals surface area contributed by atoms with Crippen molar-refractivity contribution in [3.8, 4) is 5.75 Å². The fraction of sp³-hybridized carbons (Fsp3) is 0.263. The molecule has 0 aliphatic carbocycles. The van der Waals surface area contributed by atoms with E-state index < -0.39 is 24.0 Å². The SMILES string of the molecule is CN1C(=O)C2ON(Cc3ccccc3)C(c3cc(Cl)cc(Cl)c3O)C2C1=O. The Labute approximate surface area is 165 Å². The summed E-state index contributed by atoms with van der Waals surface area (Å²) in [5, 5.41) is 12.5. The summed E-state index contributed by atoms with van der Waals surface area (Å²) in [7, 11) is 1.43. The molecule has 2 heterocycles. The highest BCUT2D eigenvalue weighted by molar-refractivity contribution is 6.35. The van der Waals surface area contributed by atoms with Gasteiger partial charge in [0.1, 0.15) is 5.75 Å². The maximum absolute atomic E-state index is 12.7. The molecule has 0 saturated carbocycles. The molecule has 140 valence electrons. The quantitative estimate of drug-likeness (QED) is 0.792. The lowest BCUT2D eigenvalue weighted by molar-refractivity contribution is -0.183. The van der Waals surface area contributed by atoms with Gasteiger partial charge in [0.25, 0.3) is 5.91 Å². The van der Waals surface area contributed by atoms with E-state index >= 15 is 0 Å². The number of halogens is 2. The number of likely N-dealkylation sites (tertiary alicyclic amines) is 1. The number of rotatable bonds is 3. The van der Waals surface area contributed by atoms with Gasteiger partial charge in [-0.2, -0.15) is 5.06 Å². The third kappa shape index (κ3) is 2.99. The van der Waals surface area contributed by atoms with Gasteiger partial charge in [0, 0.05) is 24.2 Å². The van der Waals surface area contributed by atoms with Crippen LogP contribution in [0.2, 0.25) is 10.0 Å². The van der Waals surface area contributed by atoms with E-state index in [4.69, 9.17) is 28.0 Å². The molecule has 0 aromatic heterocycles. The maximum atomic E-state index is 12.7. The predicted octanol–water partition coefficient (Wildman–Crippen LogP) is 3.17. The molecule has 27 heavy (non-hydrogen) atoms. The average Bonchev–Trinajstić information content (AvgIpc) is 3.10. The molecule has 3 atom stereocenters. The third-order valence-corrected chi connectivity index (χ3v) is 5.48. The van der Waals surface area contributed by atoms with Crippen molar-refractivity contribution in [3.05, 3.63) is 63.6 Å². The molecule has 2 saturated heterocycles. The summed E-state index contributed by atoms with van der Waals surface area (Å²) in [5.41, 5.74) is 1.29. The fourth-order valence-electron chi connectivity index (χ4n) is 3.67. The maximum Gasteiger partial charge on any atom is 0.261 e. The Hall–Kier alpha value is -2.12. The van der Waals surface area contributed by atoms with Crippen molar-refractivity contribution >= 4 is 35.0 Å². The van der Waals surface area contributed by atoms with Crippen molar-refractivity contribution < 1.29 is 19.5 Å². The second kappa shape index (κ2) is 6.80. The summed E-state index contributed by atoms with van der Waals surface area (Å²) in [6.07, 6.45) is -0.937. The van der Waals surface area contributed by atoms with Crippen LogP contribution >= 0.6 is 23.2 Å². The molecule has 3 unspecified atom stereocenters. The number of hydrogen-bond acceptors (Lipinski definition) is 5. The molecule has 1 N–H and O–H groups in total. The normalized spacial score (nSPS) is 25.3. The van der Waals surface area contributed by atoms with Crippen LogP contribution in [0.25, 0.3) is 0 Å². The van der Waals surface area contributed by atoms with Crippen LogP contribution in [0.5, 0.6) is 5.75 Å². The minimum atomic E-state index is -0.937. The Balaban J connectivity index is 1.80. The first-order chi connectivity index (χ1) is 12.9. The first kappa shape index (κ1) is 18.3. The van der Waals surface area contributed by atoms with Crippen LogP contribution in [0.4, 0.5) is 0 Å². The summed E-state index contributed by atoms with van der Waals surface area (Å²) in [5.74, 6) is -1.73. The third-order valence-electron chi connectivity index (χ3n) is 4.97.